The van der Waals surface area contributed by atoms with Crippen LogP contribution in [0.1, 0.15) is 42.4 Å². The lowest BCUT2D eigenvalue weighted by atomic mass is 10.2. The van der Waals surface area contributed by atoms with E-state index in [4.69, 9.17) is 10.5 Å². The largest absolute Gasteiger partial charge is 0.486 e. The molecule has 0 aliphatic carbocycles. The Morgan fingerprint density at radius 3 is 2.60 bits per heavy atom. The van der Waals surface area contributed by atoms with Gasteiger partial charge in [0.2, 0.25) is 0 Å². The van der Waals surface area contributed by atoms with Crippen molar-refractivity contribution in [2.75, 3.05) is 24.2 Å². The van der Waals surface area contributed by atoms with Crippen LogP contribution in [0.15, 0.2) is 30.3 Å². The number of rotatable bonds is 8. The van der Waals surface area contributed by atoms with E-state index in [1.165, 1.54) is 16.9 Å². The van der Waals surface area contributed by atoms with E-state index >= 15 is 0 Å². The second-order valence-corrected chi connectivity index (χ2v) is 7.24. The Bertz CT molecular complexity index is 698. The first-order valence-electron chi connectivity index (χ1n) is 8.56. The van der Waals surface area contributed by atoms with E-state index in [0.29, 0.717) is 29.4 Å². The molecular formula is C19H27N3O2S. The van der Waals surface area contributed by atoms with Gasteiger partial charge in [-0.25, -0.2) is 0 Å². The number of hydrogen-bond donors (Lipinski definition) is 2. The topological polar surface area (TPSA) is 67.6 Å². The van der Waals surface area contributed by atoms with Gasteiger partial charge in [-0.15, -0.1) is 11.3 Å². The second-order valence-electron chi connectivity index (χ2n) is 6.24. The highest BCUT2D eigenvalue weighted by Gasteiger charge is 2.25. The van der Waals surface area contributed by atoms with Gasteiger partial charge in [-0.1, -0.05) is 37.3 Å². The van der Waals surface area contributed by atoms with Crippen LogP contribution in [0.2, 0.25) is 0 Å². The molecule has 5 nitrogen and oxygen atoms in total. The number of hydrogen-bond acceptors (Lipinski definition) is 5. The Morgan fingerprint density at radius 2 is 2.00 bits per heavy atom. The number of anilines is 2. The molecule has 2 rings (SSSR count). The quantitative estimate of drug-likeness (QED) is 0.748. The highest BCUT2D eigenvalue weighted by molar-refractivity contribution is 7.19. The minimum absolute atomic E-state index is 0.0210. The van der Waals surface area contributed by atoms with Crippen molar-refractivity contribution in [3.05, 3.63) is 40.8 Å². The third kappa shape index (κ3) is 4.89. The van der Waals surface area contributed by atoms with Gasteiger partial charge in [-0.3, -0.25) is 4.79 Å². The van der Waals surface area contributed by atoms with Crippen molar-refractivity contribution in [1.29, 1.82) is 0 Å². The van der Waals surface area contributed by atoms with Crippen molar-refractivity contribution in [3.63, 3.8) is 0 Å². The van der Waals surface area contributed by atoms with Crippen molar-refractivity contribution < 1.29 is 9.53 Å². The third-order valence-corrected chi connectivity index (χ3v) is 4.89. The van der Waals surface area contributed by atoms with Crippen LogP contribution in [-0.2, 0) is 6.54 Å². The number of nitrogen functional groups attached to an aromatic ring is 1. The van der Waals surface area contributed by atoms with Gasteiger partial charge >= 0.3 is 0 Å². The van der Waals surface area contributed by atoms with Crippen LogP contribution in [0.5, 0.6) is 5.75 Å². The summed E-state index contributed by atoms with van der Waals surface area (Å²) in [5.41, 5.74) is 7.86. The third-order valence-electron chi connectivity index (χ3n) is 3.59. The van der Waals surface area contributed by atoms with Crippen molar-refractivity contribution >= 4 is 27.9 Å². The molecule has 0 radical (unpaired) electrons. The van der Waals surface area contributed by atoms with E-state index in [1.807, 2.05) is 46.0 Å². The van der Waals surface area contributed by atoms with E-state index in [0.717, 1.165) is 11.4 Å². The zero-order valence-electron chi connectivity index (χ0n) is 15.3. The van der Waals surface area contributed by atoms with Crippen molar-refractivity contribution in [3.8, 4) is 5.75 Å². The highest BCUT2D eigenvalue weighted by atomic mass is 32.1. The number of amides is 1. The molecule has 0 bridgehead atoms. The Hall–Kier alpha value is -2.21. The molecule has 0 spiro atoms. The predicted octanol–water partition coefficient (Wildman–Crippen LogP) is 3.89. The van der Waals surface area contributed by atoms with Gasteiger partial charge in [0.15, 0.2) is 5.75 Å². The number of thiophene rings is 1. The summed E-state index contributed by atoms with van der Waals surface area (Å²) in [6.07, 6.45) is 0.861. The molecule has 2 aromatic rings. The normalized spacial score (nSPS) is 10.8. The lowest BCUT2D eigenvalue weighted by Gasteiger charge is -2.20. The number of ether oxygens (including phenoxy) is 1. The molecule has 1 aromatic carbocycles. The number of nitrogens with two attached hydrogens (primary N) is 1. The van der Waals surface area contributed by atoms with Gasteiger partial charge in [0.05, 0.1) is 6.10 Å². The van der Waals surface area contributed by atoms with Gasteiger partial charge in [0, 0.05) is 20.1 Å². The molecule has 0 unspecified atom stereocenters. The van der Waals surface area contributed by atoms with Crippen LogP contribution in [-0.4, -0.2) is 25.6 Å². The van der Waals surface area contributed by atoms with E-state index in [2.05, 4.69) is 22.3 Å². The SMILES string of the molecule is CCCNC(=O)c1sc(N(C)Cc2ccccc2)c(OC(C)C)c1N. The predicted molar refractivity (Wildman–Crippen MR) is 106 cm³/mol. The van der Waals surface area contributed by atoms with Crippen molar-refractivity contribution in [1.82, 2.24) is 5.32 Å². The van der Waals surface area contributed by atoms with Crippen LogP contribution in [0.3, 0.4) is 0 Å². The number of carbonyl (C=O) groups is 1. The number of nitrogens with one attached hydrogen (secondary N) is 1. The summed E-state index contributed by atoms with van der Waals surface area (Å²) < 4.78 is 5.93. The molecule has 1 aromatic heterocycles. The van der Waals surface area contributed by atoms with Crippen LogP contribution in [0, 0.1) is 0 Å². The minimum Gasteiger partial charge on any atom is -0.486 e. The van der Waals surface area contributed by atoms with Gasteiger partial charge < -0.3 is 20.7 Å². The maximum atomic E-state index is 12.4. The number of benzene rings is 1. The van der Waals surface area contributed by atoms with Gasteiger partial charge in [-0.05, 0) is 25.8 Å². The molecule has 0 saturated carbocycles. The Labute approximate surface area is 153 Å². The first-order valence-corrected chi connectivity index (χ1v) is 9.37. The van der Waals surface area contributed by atoms with Gasteiger partial charge in [-0.2, -0.15) is 0 Å². The highest BCUT2D eigenvalue weighted by Crippen LogP contribution is 2.45. The summed E-state index contributed by atoms with van der Waals surface area (Å²) >= 11 is 1.38. The van der Waals surface area contributed by atoms with E-state index in [-0.39, 0.29) is 12.0 Å². The fourth-order valence-electron chi connectivity index (χ4n) is 2.43. The van der Waals surface area contributed by atoms with Crippen molar-refractivity contribution in [2.24, 2.45) is 0 Å². The molecule has 1 amide bonds. The van der Waals surface area contributed by atoms with Crippen molar-refractivity contribution in [2.45, 2.75) is 39.8 Å². The fourth-order valence-corrected chi connectivity index (χ4v) is 3.47. The minimum atomic E-state index is -0.141. The molecule has 136 valence electrons. The zero-order chi connectivity index (χ0) is 18.4. The smallest absolute Gasteiger partial charge is 0.263 e. The second kappa shape index (κ2) is 8.76. The van der Waals surface area contributed by atoms with Crippen LogP contribution < -0.4 is 20.7 Å². The zero-order valence-corrected chi connectivity index (χ0v) is 16.2. The molecule has 25 heavy (non-hydrogen) atoms. The summed E-state index contributed by atoms with van der Waals surface area (Å²) in [5.74, 6) is 0.456. The van der Waals surface area contributed by atoms with Crippen LogP contribution >= 0.6 is 11.3 Å². The molecule has 0 aliphatic heterocycles. The summed E-state index contributed by atoms with van der Waals surface area (Å²) in [6, 6.07) is 10.2. The number of nitrogens with zero attached hydrogens (tertiary/aromatic N) is 1. The summed E-state index contributed by atoms with van der Waals surface area (Å²) in [7, 11) is 1.99. The lowest BCUT2D eigenvalue weighted by molar-refractivity contribution is 0.0958. The van der Waals surface area contributed by atoms with Crippen LogP contribution in [0.4, 0.5) is 10.7 Å². The number of carbonyl (C=O) groups excluding carboxylic acids is 1. The van der Waals surface area contributed by atoms with E-state index in [9.17, 15) is 4.79 Å². The molecule has 6 heteroatoms. The maximum absolute atomic E-state index is 12.4. The van der Waals surface area contributed by atoms with Gasteiger partial charge in [0.25, 0.3) is 5.91 Å². The Morgan fingerprint density at radius 1 is 1.32 bits per heavy atom. The monoisotopic (exact) mass is 361 g/mol. The Kier molecular flexibility index (Phi) is 6.70. The lowest BCUT2D eigenvalue weighted by Crippen LogP contribution is -2.23. The maximum Gasteiger partial charge on any atom is 0.263 e. The van der Waals surface area contributed by atoms with E-state index in [1.54, 1.807) is 0 Å². The molecule has 0 atom stereocenters. The van der Waals surface area contributed by atoms with Crippen LogP contribution in [0.25, 0.3) is 0 Å². The molecular weight excluding hydrogens is 334 g/mol. The molecule has 3 N–H and O–H groups in total. The summed E-state index contributed by atoms with van der Waals surface area (Å²) in [4.78, 5) is 15.0. The molecule has 1 heterocycles. The summed E-state index contributed by atoms with van der Waals surface area (Å²) in [6.45, 7) is 7.27. The molecule has 0 saturated heterocycles. The van der Waals surface area contributed by atoms with Gasteiger partial charge in [0.1, 0.15) is 15.6 Å². The average Bonchev–Trinajstić information content (AvgIpc) is 2.90. The Balaban J connectivity index is 2.32. The summed E-state index contributed by atoms with van der Waals surface area (Å²) in [5, 5.41) is 3.76. The molecule has 0 fully saturated rings. The standard InChI is InChI=1S/C19H27N3O2S/c1-5-11-21-18(23)17-15(20)16(24-13(2)3)19(25-17)22(4)12-14-9-7-6-8-10-14/h6-10,13H,5,11-12,20H2,1-4H3,(H,21,23). The first-order chi connectivity index (χ1) is 11.9. The molecule has 0 aliphatic rings. The fraction of sp³-hybridized carbons (Fsp3) is 0.421. The van der Waals surface area contributed by atoms with E-state index < -0.39 is 0 Å². The first kappa shape index (κ1) is 19.1. The average molecular weight is 362 g/mol.